The van der Waals surface area contributed by atoms with Crippen LogP contribution in [0, 0.1) is 0 Å². The van der Waals surface area contributed by atoms with E-state index in [-0.39, 0.29) is 5.78 Å². The fourth-order valence-electron chi connectivity index (χ4n) is 1.74. The lowest BCUT2D eigenvalue weighted by atomic mass is 9.96. The summed E-state index contributed by atoms with van der Waals surface area (Å²) in [5.74, 6) is 0.195. The monoisotopic (exact) mass is 234 g/mol. The van der Waals surface area contributed by atoms with E-state index in [9.17, 15) is 9.90 Å². The topological polar surface area (TPSA) is 37.3 Å². The van der Waals surface area contributed by atoms with Gasteiger partial charge in [0.1, 0.15) is 0 Å². The molecule has 0 bridgehead atoms. The van der Waals surface area contributed by atoms with Crippen molar-refractivity contribution >= 4 is 5.78 Å². The van der Waals surface area contributed by atoms with Crippen LogP contribution < -0.4 is 0 Å². The Morgan fingerprint density at radius 3 is 2.24 bits per heavy atom. The molecule has 94 valence electrons. The molecule has 1 rings (SSSR count). The van der Waals surface area contributed by atoms with Crippen LogP contribution in [0.5, 0.6) is 0 Å². The lowest BCUT2D eigenvalue weighted by Crippen LogP contribution is -2.15. The van der Waals surface area contributed by atoms with E-state index >= 15 is 0 Å². The van der Waals surface area contributed by atoms with Gasteiger partial charge >= 0.3 is 0 Å². The summed E-state index contributed by atoms with van der Waals surface area (Å²) in [4.78, 5) is 11.8. The highest BCUT2D eigenvalue weighted by Gasteiger charge is 2.15. The minimum absolute atomic E-state index is 0.195. The molecule has 1 aromatic rings. The van der Waals surface area contributed by atoms with Gasteiger partial charge in [-0.25, -0.2) is 0 Å². The molecule has 0 fully saturated rings. The summed E-state index contributed by atoms with van der Waals surface area (Å²) in [6.45, 7) is 5.61. The maximum absolute atomic E-state index is 11.8. The summed E-state index contributed by atoms with van der Waals surface area (Å²) in [6.07, 6.45) is 3.82. The van der Waals surface area contributed by atoms with E-state index in [2.05, 4.69) is 6.92 Å². The van der Waals surface area contributed by atoms with E-state index in [0.717, 1.165) is 30.4 Å². The van der Waals surface area contributed by atoms with Crippen LogP contribution >= 0.6 is 0 Å². The van der Waals surface area contributed by atoms with Crippen molar-refractivity contribution in [3.8, 4) is 0 Å². The molecule has 0 unspecified atom stereocenters. The standard InChI is InChI=1S/C15H22O2/c1-4-5-6-7-14(16)12-8-10-13(11-9-12)15(2,3)17/h8-11,17H,4-7H2,1-3H3. The Morgan fingerprint density at radius 1 is 1.18 bits per heavy atom. The van der Waals surface area contributed by atoms with E-state index in [1.165, 1.54) is 0 Å². The molecule has 1 N–H and O–H groups in total. The van der Waals surface area contributed by atoms with Gasteiger partial charge in [0.15, 0.2) is 5.78 Å². The van der Waals surface area contributed by atoms with E-state index in [4.69, 9.17) is 0 Å². The van der Waals surface area contributed by atoms with Crippen molar-refractivity contribution in [2.24, 2.45) is 0 Å². The molecule has 0 radical (unpaired) electrons. The zero-order valence-corrected chi connectivity index (χ0v) is 11.0. The number of aliphatic hydroxyl groups is 1. The summed E-state index contributed by atoms with van der Waals surface area (Å²) in [6, 6.07) is 7.27. The van der Waals surface area contributed by atoms with Gasteiger partial charge in [-0.1, -0.05) is 44.0 Å². The summed E-state index contributed by atoms with van der Waals surface area (Å²) >= 11 is 0. The zero-order chi connectivity index (χ0) is 12.9. The Labute approximate surface area is 104 Å². The molecule has 0 aromatic heterocycles. The lowest BCUT2D eigenvalue weighted by Gasteiger charge is -2.17. The van der Waals surface area contributed by atoms with Crippen molar-refractivity contribution in [1.82, 2.24) is 0 Å². The van der Waals surface area contributed by atoms with E-state index in [1.807, 2.05) is 24.3 Å². The average Bonchev–Trinajstić information content (AvgIpc) is 2.28. The minimum atomic E-state index is -0.843. The van der Waals surface area contributed by atoms with E-state index < -0.39 is 5.60 Å². The summed E-state index contributed by atoms with van der Waals surface area (Å²) < 4.78 is 0. The van der Waals surface area contributed by atoms with Gasteiger partial charge in [-0.05, 0) is 25.8 Å². The second-order valence-electron chi connectivity index (χ2n) is 5.02. The maximum Gasteiger partial charge on any atom is 0.162 e. The highest BCUT2D eigenvalue weighted by molar-refractivity contribution is 5.96. The molecule has 0 spiro atoms. The van der Waals surface area contributed by atoms with Gasteiger partial charge in [-0.3, -0.25) is 4.79 Å². The van der Waals surface area contributed by atoms with Crippen LogP contribution in [0.3, 0.4) is 0 Å². The number of ketones is 1. The first-order valence-electron chi connectivity index (χ1n) is 6.31. The number of hydrogen-bond donors (Lipinski definition) is 1. The molecule has 1 aromatic carbocycles. The fraction of sp³-hybridized carbons (Fsp3) is 0.533. The highest BCUT2D eigenvalue weighted by atomic mass is 16.3. The quantitative estimate of drug-likeness (QED) is 0.602. The van der Waals surface area contributed by atoms with Crippen LogP contribution in [-0.4, -0.2) is 10.9 Å². The molecule has 0 saturated carbocycles. The Balaban J connectivity index is 2.64. The zero-order valence-electron chi connectivity index (χ0n) is 11.0. The molecule has 0 aliphatic heterocycles. The van der Waals surface area contributed by atoms with Crippen LogP contribution in [0.25, 0.3) is 0 Å². The number of hydrogen-bond acceptors (Lipinski definition) is 2. The second kappa shape index (κ2) is 5.97. The molecule has 0 heterocycles. The number of rotatable bonds is 6. The summed E-state index contributed by atoms with van der Waals surface area (Å²) in [7, 11) is 0. The van der Waals surface area contributed by atoms with Crippen molar-refractivity contribution < 1.29 is 9.90 Å². The number of carbonyl (C=O) groups is 1. The third-order valence-electron chi connectivity index (χ3n) is 2.92. The smallest absolute Gasteiger partial charge is 0.162 e. The Hall–Kier alpha value is -1.15. The molecule has 0 amide bonds. The van der Waals surface area contributed by atoms with Crippen molar-refractivity contribution in [3.63, 3.8) is 0 Å². The van der Waals surface area contributed by atoms with E-state index in [1.54, 1.807) is 13.8 Å². The van der Waals surface area contributed by atoms with Gasteiger partial charge < -0.3 is 5.11 Å². The van der Waals surface area contributed by atoms with Crippen LogP contribution in [0.4, 0.5) is 0 Å². The normalized spacial score (nSPS) is 11.5. The number of Topliss-reactive ketones (excluding diaryl/α,β-unsaturated/α-hetero) is 1. The van der Waals surface area contributed by atoms with Crippen molar-refractivity contribution in [2.45, 2.75) is 52.1 Å². The van der Waals surface area contributed by atoms with E-state index in [0.29, 0.717) is 6.42 Å². The second-order valence-corrected chi connectivity index (χ2v) is 5.02. The number of unbranched alkanes of at least 4 members (excludes halogenated alkanes) is 2. The molecule has 0 aliphatic rings. The SMILES string of the molecule is CCCCCC(=O)c1ccc(C(C)(C)O)cc1. The van der Waals surface area contributed by atoms with Gasteiger partial charge in [0.05, 0.1) is 5.60 Å². The number of carbonyl (C=O) groups excluding carboxylic acids is 1. The van der Waals surface area contributed by atoms with Gasteiger partial charge in [0, 0.05) is 12.0 Å². The third-order valence-corrected chi connectivity index (χ3v) is 2.92. The van der Waals surface area contributed by atoms with Crippen LogP contribution in [0.15, 0.2) is 24.3 Å². The van der Waals surface area contributed by atoms with Crippen LogP contribution in [-0.2, 0) is 5.60 Å². The van der Waals surface area contributed by atoms with Crippen molar-refractivity contribution in [3.05, 3.63) is 35.4 Å². The molecular weight excluding hydrogens is 212 g/mol. The molecule has 2 nitrogen and oxygen atoms in total. The first-order valence-corrected chi connectivity index (χ1v) is 6.31. The highest BCUT2D eigenvalue weighted by Crippen LogP contribution is 2.20. The third kappa shape index (κ3) is 4.31. The molecular formula is C15H22O2. The van der Waals surface area contributed by atoms with Crippen molar-refractivity contribution in [2.75, 3.05) is 0 Å². The van der Waals surface area contributed by atoms with Gasteiger partial charge in [-0.2, -0.15) is 0 Å². The van der Waals surface area contributed by atoms with Crippen LogP contribution in [0.1, 0.15) is 62.4 Å². The minimum Gasteiger partial charge on any atom is -0.386 e. The molecule has 2 heteroatoms. The number of benzene rings is 1. The first kappa shape index (κ1) is 13.9. The Bertz CT molecular complexity index is 358. The predicted octanol–water partition coefficient (Wildman–Crippen LogP) is 3.68. The Morgan fingerprint density at radius 2 is 1.76 bits per heavy atom. The Kier molecular flexibility index (Phi) is 4.88. The maximum atomic E-state index is 11.8. The van der Waals surface area contributed by atoms with Crippen molar-refractivity contribution in [1.29, 1.82) is 0 Å². The van der Waals surface area contributed by atoms with Crippen LogP contribution in [0.2, 0.25) is 0 Å². The first-order chi connectivity index (χ1) is 7.95. The molecule has 0 aliphatic carbocycles. The largest absolute Gasteiger partial charge is 0.386 e. The van der Waals surface area contributed by atoms with Gasteiger partial charge in [0.25, 0.3) is 0 Å². The molecule has 17 heavy (non-hydrogen) atoms. The molecule has 0 atom stereocenters. The molecule has 0 saturated heterocycles. The fourth-order valence-corrected chi connectivity index (χ4v) is 1.74. The summed E-state index contributed by atoms with van der Waals surface area (Å²) in [5.41, 5.74) is 0.737. The predicted molar refractivity (Wildman–Crippen MR) is 70.2 cm³/mol. The average molecular weight is 234 g/mol. The van der Waals surface area contributed by atoms with Gasteiger partial charge in [0.2, 0.25) is 0 Å². The lowest BCUT2D eigenvalue weighted by molar-refractivity contribution is 0.0784. The van der Waals surface area contributed by atoms with Gasteiger partial charge in [-0.15, -0.1) is 0 Å². The summed E-state index contributed by atoms with van der Waals surface area (Å²) in [5, 5.41) is 9.81.